The molecule has 6 heteroatoms. The Morgan fingerprint density at radius 2 is 1.76 bits per heavy atom. The van der Waals surface area contributed by atoms with Crippen molar-refractivity contribution in [3.8, 4) is 5.75 Å². The van der Waals surface area contributed by atoms with Gasteiger partial charge in [0, 0.05) is 45.2 Å². The number of carbonyl (C=O) groups excluding carboxylic acids is 1. The van der Waals surface area contributed by atoms with Gasteiger partial charge in [-0.2, -0.15) is 0 Å². The zero-order valence-electron chi connectivity index (χ0n) is 19.9. The summed E-state index contributed by atoms with van der Waals surface area (Å²) in [6, 6.07) is 14.9. The fourth-order valence-electron chi connectivity index (χ4n) is 4.54. The maximum absolute atomic E-state index is 11.8. The van der Waals surface area contributed by atoms with E-state index in [2.05, 4.69) is 65.0 Å². The normalized spacial score (nSPS) is 17.0. The standard InChI is InChI=1S/C27H36N4O2/c1-20-9-14-23(25(16-20)33-24-6-3-4-7-24)18-30-27(28-2)29-17-21-10-12-22(13-11-21)19-31-15-5-8-26(31)32/h9-14,16,24H,3-8,15,17-19H2,1-2H3,(H2,28,29,30). The van der Waals surface area contributed by atoms with Crippen molar-refractivity contribution >= 4 is 11.9 Å². The second kappa shape index (κ2) is 11.2. The molecule has 33 heavy (non-hydrogen) atoms. The van der Waals surface area contributed by atoms with E-state index in [4.69, 9.17) is 4.74 Å². The summed E-state index contributed by atoms with van der Waals surface area (Å²) in [5.41, 5.74) is 4.71. The number of nitrogens with zero attached hydrogens (tertiary/aromatic N) is 2. The Morgan fingerprint density at radius 3 is 2.45 bits per heavy atom. The number of rotatable bonds is 8. The molecule has 6 nitrogen and oxygen atoms in total. The van der Waals surface area contributed by atoms with Gasteiger partial charge in [0.2, 0.25) is 5.91 Å². The fraction of sp³-hybridized carbons (Fsp3) is 0.481. The Labute approximate surface area is 197 Å². The second-order valence-corrected chi connectivity index (χ2v) is 9.15. The number of amides is 1. The van der Waals surface area contributed by atoms with E-state index >= 15 is 0 Å². The summed E-state index contributed by atoms with van der Waals surface area (Å²) in [6.45, 7) is 5.02. The topological polar surface area (TPSA) is 66.0 Å². The summed E-state index contributed by atoms with van der Waals surface area (Å²) in [4.78, 5) is 18.1. The lowest BCUT2D eigenvalue weighted by molar-refractivity contribution is -0.128. The molecule has 1 amide bonds. The lowest BCUT2D eigenvalue weighted by Gasteiger charge is -2.19. The van der Waals surface area contributed by atoms with Crippen molar-refractivity contribution in [1.82, 2.24) is 15.5 Å². The lowest BCUT2D eigenvalue weighted by atomic mass is 10.1. The molecule has 1 aliphatic heterocycles. The van der Waals surface area contributed by atoms with Crippen LogP contribution in [0.5, 0.6) is 5.75 Å². The molecule has 0 unspecified atom stereocenters. The molecule has 0 bridgehead atoms. The van der Waals surface area contributed by atoms with Gasteiger partial charge in [-0.05, 0) is 61.8 Å². The minimum atomic E-state index is 0.265. The van der Waals surface area contributed by atoms with Crippen LogP contribution in [0.3, 0.4) is 0 Å². The number of guanidine groups is 1. The number of aliphatic imine (C=N–C) groups is 1. The van der Waals surface area contributed by atoms with Crippen molar-refractivity contribution in [2.24, 2.45) is 4.99 Å². The summed E-state index contributed by atoms with van der Waals surface area (Å²) in [5, 5.41) is 6.81. The van der Waals surface area contributed by atoms with Crippen LogP contribution in [0.25, 0.3) is 0 Å². The van der Waals surface area contributed by atoms with Gasteiger partial charge in [0.05, 0.1) is 6.10 Å². The molecule has 1 saturated heterocycles. The van der Waals surface area contributed by atoms with Gasteiger partial charge in [-0.25, -0.2) is 0 Å². The minimum Gasteiger partial charge on any atom is -0.490 e. The van der Waals surface area contributed by atoms with Gasteiger partial charge in [-0.1, -0.05) is 36.4 Å². The van der Waals surface area contributed by atoms with Gasteiger partial charge in [0.25, 0.3) is 0 Å². The number of hydrogen-bond acceptors (Lipinski definition) is 3. The maximum Gasteiger partial charge on any atom is 0.222 e. The van der Waals surface area contributed by atoms with Crippen molar-refractivity contribution in [2.45, 2.75) is 71.2 Å². The Morgan fingerprint density at radius 1 is 1.03 bits per heavy atom. The number of nitrogens with one attached hydrogen (secondary N) is 2. The van der Waals surface area contributed by atoms with Crippen LogP contribution in [0.15, 0.2) is 47.5 Å². The molecule has 2 N–H and O–H groups in total. The molecule has 2 fully saturated rings. The van der Waals surface area contributed by atoms with E-state index in [0.29, 0.717) is 32.2 Å². The molecule has 0 aromatic heterocycles. The summed E-state index contributed by atoms with van der Waals surface area (Å²) in [7, 11) is 1.79. The first-order chi connectivity index (χ1) is 16.1. The Kier molecular flexibility index (Phi) is 7.87. The third-order valence-electron chi connectivity index (χ3n) is 6.52. The molecule has 176 valence electrons. The van der Waals surface area contributed by atoms with E-state index < -0.39 is 0 Å². The summed E-state index contributed by atoms with van der Waals surface area (Å²) < 4.78 is 6.32. The van der Waals surface area contributed by atoms with Crippen molar-refractivity contribution < 1.29 is 9.53 Å². The summed E-state index contributed by atoms with van der Waals surface area (Å²) in [5.74, 6) is 2.01. The van der Waals surface area contributed by atoms with E-state index in [-0.39, 0.29) is 5.91 Å². The molecule has 0 radical (unpaired) electrons. The largest absolute Gasteiger partial charge is 0.490 e. The predicted molar refractivity (Wildman–Crippen MR) is 132 cm³/mol. The summed E-state index contributed by atoms with van der Waals surface area (Å²) in [6.07, 6.45) is 6.83. The zero-order valence-corrected chi connectivity index (χ0v) is 19.9. The monoisotopic (exact) mass is 448 g/mol. The molecule has 1 heterocycles. The maximum atomic E-state index is 11.8. The number of likely N-dealkylation sites (tertiary alicyclic amines) is 1. The SMILES string of the molecule is CN=C(NCc1ccc(CN2CCCC2=O)cc1)NCc1ccc(C)cc1OC1CCCC1. The van der Waals surface area contributed by atoms with Crippen LogP contribution in [0.2, 0.25) is 0 Å². The van der Waals surface area contributed by atoms with Crippen molar-refractivity contribution in [3.05, 3.63) is 64.7 Å². The van der Waals surface area contributed by atoms with E-state index in [0.717, 1.165) is 43.1 Å². The van der Waals surface area contributed by atoms with Gasteiger partial charge < -0.3 is 20.3 Å². The van der Waals surface area contributed by atoms with Crippen molar-refractivity contribution in [3.63, 3.8) is 0 Å². The van der Waals surface area contributed by atoms with Gasteiger partial charge in [-0.15, -0.1) is 0 Å². The lowest BCUT2D eigenvalue weighted by Crippen LogP contribution is -2.36. The Bertz CT molecular complexity index is 965. The molecule has 4 rings (SSSR count). The summed E-state index contributed by atoms with van der Waals surface area (Å²) >= 11 is 0. The van der Waals surface area contributed by atoms with Crippen LogP contribution in [0, 0.1) is 6.92 Å². The highest BCUT2D eigenvalue weighted by Crippen LogP contribution is 2.27. The average molecular weight is 449 g/mol. The molecular weight excluding hydrogens is 412 g/mol. The molecule has 1 aliphatic carbocycles. The van der Waals surface area contributed by atoms with Crippen LogP contribution >= 0.6 is 0 Å². The van der Waals surface area contributed by atoms with Gasteiger partial charge in [0.15, 0.2) is 5.96 Å². The van der Waals surface area contributed by atoms with Gasteiger partial charge in [-0.3, -0.25) is 9.79 Å². The van der Waals surface area contributed by atoms with Gasteiger partial charge >= 0.3 is 0 Å². The number of benzene rings is 2. The van der Waals surface area contributed by atoms with Crippen molar-refractivity contribution in [1.29, 1.82) is 0 Å². The van der Waals surface area contributed by atoms with Crippen molar-refractivity contribution in [2.75, 3.05) is 13.6 Å². The van der Waals surface area contributed by atoms with E-state index in [1.54, 1.807) is 7.05 Å². The molecule has 0 spiro atoms. The number of carbonyl (C=O) groups is 1. The molecule has 2 aromatic rings. The Balaban J connectivity index is 1.28. The van der Waals surface area contributed by atoms with E-state index in [9.17, 15) is 4.79 Å². The average Bonchev–Trinajstić information content (AvgIpc) is 3.48. The number of aryl methyl sites for hydroxylation is 1. The predicted octanol–water partition coefficient (Wildman–Crippen LogP) is 4.30. The highest BCUT2D eigenvalue weighted by molar-refractivity contribution is 5.79. The van der Waals surface area contributed by atoms with Crippen LogP contribution in [0.4, 0.5) is 0 Å². The first-order valence-corrected chi connectivity index (χ1v) is 12.2. The zero-order chi connectivity index (χ0) is 23.0. The highest BCUT2D eigenvalue weighted by Gasteiger charge is 2.20. The first kappa shape index (κ1) is 23.1. The third kappa shape index (κ3) is 6.50. The molecular formula is C27H36N4O2. The van der Waals surface area contributed by atoms with E-state index in [1.165, 1.54) is 29.5 Å². The Hall–Kier alpha value is -3.02. The molecule has 0 atom stereocenters. The van der Waals surface area contributed by atoms with Crippen LogP contribution in [-0.2, 0) is 24.4 Å². The molecule has 1 saturated carbocycles. The van der Waals surface area contributed by atoms with Gasteiger partial charge in [0.1, 0.15) is 5.75 Å². The van der Waals surface area contributed by atoms with E-state index in [1.807, 2.05) is 4.90 Å². The second-order valence-electron chi connectivity index (χ2n) is 9.15. The number of hydrogen-bond donors (Lipinski definition) is 2. The molecule has 2 aromatic carbocycles. The highest BCUT2D eigenvalue weighted by atomic mass is 16.5. The minimum absolute atomic E-state index is 0.265. The van der Waals surface area contributed by atoms with Crippen LogP contribution < -0.4 is 15.4 Å². The van der Waals surface area contributed by atoms with Crippen LogP contribution in [0.1, 0.15) is 60.8 Å². The van der Waals surface area contributed by atoms with Crippen LogP contribution in [-0.4, -0.2) is 36.5 Å². The quantitative estimate of drug-likeness (QED) is 0.467. The first-order valence-electron chi connectivity index (χ1n) is 12.2. The third-order valence-corrected chi connectivity index (χ3v) is 6.52. The number of ether oxygens (including phenoxy) is 1. The smallest absolute Gasteiger partial charge is 0.222 e. The molecule has 2 aliphatic rings. The fourth-order valence-corrected chi connectivity index (χ4v) is 4.54.